The SMILES string of the molecule is O=C1c2ccc(CO)nc2CCN1C1COC1. The van der Waals surface area contributed by atoms with Crippen LogP contribution in [0.4, 0.5) is 0 Å². The maximum atomic E-state index is 12.2. The number of aromatic nitrogens is 1. The van der Waals surface area contributed by atoms with E-state index in [4.69, 9.17) is 9.84 Å². The molecule has 2 aliphatic rings. The van der Waals surface area contributed by atoms with Crippen molar-refractivity contribution in [1.82, 2.24) is 9.88 Å². The second-order valence-corrected chi connectivity index (χ2v) is 4.39. The molecule has 1 fully saturated rings. The summed E-state index contributed by atoms with van der Waals surface area (Å²) < 4.78 is 5.12. The van der Waals surface area contributed by atoms with E-state index in [9.17, 15) is 4.79 Å². The van der Waals surface area contributed by atoms with Gasteiger partial charge in [-0.2, -0.15) is 0 Å². The van der Waals surface area contributed by atoms with Gasteiger partial charge < -0.3 is 14.7 Å². The Kier molecular flexibility index (Phi) is 2.57. The lowest BCUT2D eigenvalue weighted by Gasteiger charge is -2.39. The molecule has 1 aromatic rings. The largest absolute Gasteiger partial charge is 0.390 e. The molecule has 17 heavy (non-hydrogen) atoms. The van der Waals surface area contributed by atoms with Crippen molar-refractivity contribution in [2.75, 3.05) is 19.8 Å². The van der Waals surface area contributed by atoms with E-state index in [2.05, 4.69) is 4.98 Å². The van der Waals surface area contributed by atoms with Gasteiger partial charge in [-0.25, -0.2) is 0 Å². The molecule has 0 saturated carbocycles. The minimum Gasteiger partial charge on any atom is -0.390 e. The summed E-state index contributed by atoms with van der Waals surface area (Å²) in [6.07, 6.45) is 0.755. The van der Waals surface area contributed by atoms with Crippen molar-refractivity contribution in [3.8, 4) is 0 Å². The van der Waals surface area contributed by atoms with Crippen LogP contribution in [0.15, 0.2) is 12.1 Å². The molecule has 0 aliphatic carbocycles. The number of rotatable bonds is 2. The predicted octanol–water partition coefficient (Wildman–Crippen LogP) is -0.0290. The smallest absolute Gasteiger partial charge is 0.256 e. The van der Waals surface area contributed by atoms with E-state index < -0.39 is 0 Å². The first-order chi connectivity index (χ1) is 8.29. The molecule has 0 atom stereocenters. The Hall–Kier alpha value is -1.46. The van der Waals surface area contributed by atoms with E-state index in [1.807, 2.05) is 4.90 Å². The first-order valence-corrected chi connectivity index (χ1v) is 5.78. The van der Waals surface area contributed by atoms with Crippen LogP contribution in [0, 0.1) is 0 Å². The van der Waals surface area contributed by atoms with Crippen LogP contribution >= 0.6 is 0 Å². The lowest BCUT2D eigenvalue weighted by molar-refractivity contribution is -0.0550. The Morgan fingerprint density at radius 3 is 2.94 bits per heavy atom. The van der Waals surface area contributed by atoms with E-state index in [1.54, 1.807) is 12.1 Å². The van der Waals surface area contributed by atoms with Gasteiger partial charge in [-0.1, -0.05) is 0 Å². The van der Waals surface area contributed by atoms with Crippen LogP contribution in [0.2, 0.25) is 0 Å². The minimum absolute atomic E-state index is 0.0385. The molecule has 5 nitrogen and oxygen atoms in total. The summed E-state index contributed by atoms with van der Waals surface area (Å²) >= 11 is 0. The molecule has 1 N–H and O–H groups in total. The third kappa shape index (κ3) is 1.71. The van der Waals surface area contributed by atoms with Crippen molar-refractivity contribution in [2.45, 2.75) is 19.1 Å². The molecule has 0 radical (unpaired) electrons. The van der Waals surface area contributed by atoms with Gasteiger partial charge in [0.15, 0.2) is 0 Å². The summed E-state index contributed by atoms with van der Waals surface area (Å²) in [4.78, 5) is 18.4. The fourth-order valence-electron chi connectivity index (χ4n) is 2.25. The van der Waals surface area contributed by atoms with Gasteiger partial charge in [0, 0.05) is 13.0 Å². The van der Waals surface area contributed by atoms with Gasteiger partial charge >= 0.3 is 0 Å². The van der Waals surface area contributed by atoms with Gasteiger partial charge in [0.25, 0.3) is 5.91 Å². The van der Waals surface area contributed by atoms with E-state index >= 15 is 0 Å². The number of carbonyl (C=O) groups is 1. The van der Waals surface area contributed by atoms with Gasteiger partial charge in [0.2, 0.25) is 0 Å². The summed E-state index contributed by atoms with van der Waals surface area (Å²) in [6.45, 7) is 1.90. The van der Waals surface area contributed by atoms with Gasteiger partial charge in [-0.3, -0.25) is 9.78 Å². The van der Waals surface area contributed by atoms with E-state index in [1.165, 1.54) is 0 Å². The molecule has 0 unspecified atom stereocenters. The van der Waals surface area contributed by atoms with E-state index in [0.717, 1.165) is 12.1 Å². The summed E-state index contributed by atoms with van der Waals surface area (Å²) in [5.41, 5.74) is 2.09. The molecule has 90 valence electrons. The van der Waals surface area contributed by atoms with Crippen molar-refractivity contribution in [2.24, 2.45) is 0 Å². The number of carbonyl (C=O) groups excluding carboxylic acids is 1. The lowest BCUT2D eigenvalue weighted by Crippen LogP contribution is -2.54. The fraction of sp³-hybridized carbons (Fsp3) is 0.500. The van der Waals surface area contributed by atoms with Crippen molar-refractivity contribution in [3.63, 3.8) is 0 Å². The first-order valence-electron chi connectivity index (χ1n) is 5.78. The van der Waals surface area contributed by atoms with Crippen LogP contribution in [0.1, 0.15) is 21.7 Å². The first kappa shape index (κ1) is 10.7. The molecule has 3 heterocycles. The number of amides is 1. The quantitative estimate of drug-likeness (QED) is 0.780. The zero-order valence-corrected chi connectivity index (χ0v) is 9.43. The molecule has 0 aromatic carbocycles. The van der Waals surface area contributed by atoms with Crippen LogP contribution in [0.5, 0.6) is 0 Å². The highest BCUT2D eigenvalue weighted by atomic mass is 16.5. The van der Waals surface area contributed by atoms with Gasteiger partial charge in [-0.05, 0) is 12.1 Å². The fourth-order valence-corrected chi connectivity index (χ4v) is 2.25. The highest BCUT2D eigenvalue weighted by Gasteiger charge is 2.34. The zero-order valence-electron chi connectivity index (χ0n) is 9.43. The van der Waals surface area contributed by atoms with Crippen LogP contribution in [-0.2, 0) is 17.8 Å². The molecule has 1 aromatic heterocycles. The third-order valence-electron chi connectivity index (χ3n) is 3.34. The van der Waals surface area contributed by atoms with Crippen molar-refractivity contribution < 1.29 is 14.6 Å². The highest BCUT2D eigenvalue weighted by molar-refractivity contribution is 5.96. The molecular weight excluding hydrogens is 220 g/mol. The number of aliphatic hydroxyl groups excluding tert-OH is 1. The number of fused-ring (bicyclic) bond motifs is 1. The van der Waals surface area contributed by atoms with Crippen molar-refractivity contribution in [1.29, 1.82) is 0 Å². The summed E-state index contributed by atoms with van der Waals surface area (Å²) in [6, 6.07) is 3.70. The minimum atomic E-state index is -0.0817. The summed E-state index contributed by atoms with van der Waals surface area (Å²) in [5.74, 6) is 0.0385. The Balaban J connectivity index is 1.89. The Morgan fingerprint density at radius 2 is 2.29 bits per heavy atom. The number of hydrogen-bond donors (Lipinski definition) is 1. The number of aliphatic hydroxyl groups is 1. The Morgan fingerprint density at radius 1 is 1.47 bits per heavy atom. The topological polar surface area (TPSA) is 62.7 Å². The third-order valence-corrected chi connectivity index (χ3v) is 3.34. The normalized spacial score (nSPS) is 20.1. The molecule has 3 rings (SSSR count). The number of ether oxygens (including phenoxy) is 1. The molecule has 2 aliphatic heterocycles. The van der Waals surface area contributed by atoms with Gasteiger partial charge in [0.1, 0.15) is 0 Å². The van der Waals surface area contributed by atoms with Crippen LogP contribution in [-0.4, -0.2) is 46.7 Å². The van der Waals surface area contributed by atoms with E-state index in [-0.39, 0.29) is 18.6 Å². The number of hydrogen-bond acceptors (Lipinski definition) is 4. The van der Waals surface area contributed by atoms with Crippen LogP contribution < -0.4 is 0 Å². The summed E-state index contributed by atoms with van der Waals surface area (Å²) in [7, 11) is 0. The second-order valence-electron chi connectivity index (χ2n) is 4.39. The Labute approximate surface area is 99.0 Å². The Bertz CT molecular complexity index is 457. The van der Waals surface area contributed by atoms with Gasteiger partial charge in [0.05, 0.1) is 42.8 Å². The molecule has 1 amide bonds. The lowest BCUT2D eigenvalue weighted by atomic mass is 10.0. The molecule has 1 saturated heterocycles. The number of pyridine rings is 1. The average Bonchev–Trinajstić information content (AvgIpc) is 2.30. The summed E-state index contributed by atoms with van der Waals surface area (Å²) in [5, 5.41) is 9.02. The second kappa shape index (κ2) is 4.09. The van der Waals surface area contributed by atoms with Crippen LogP contribution in [0.25, 0.3) is 0 Å². The molecule has 0 bridgehead atoms. The number of nitrogens with zero attached hydrogens (tertiary/aromatic N) is 2. The van der Waals surface area contributed by atoms with E-state index in [0.29, 0.717) is 31.0 Å². The predicted molar refractivity (Wildman–Crippen MR) is 59.5 cm³/mol. The molecule has 5 heteroatoms. The maximum Gasteiger partial charge on any atom is 0.256 e. The highest BCUT2D eigenvalue weighted by Crippen LogP contribution is 2.22. The zero-order chi connectivity index (χ0) is 11.8. The standard InChI is InChI=1S/C12H14N2O3/c15-5-8-1-2-10-11(13-8)3-4-14(12(10)16)9-6-17-7-9/h1-2,9,15H,3-7H2. The van der Waals surface area contributed by atoms with Crippen molar-refractivity contribution >= 4 is 5.91 Å². The molecular formula is C12H14N2O3. The van der Waals surface area contributed by atoms with Crippen LogP contribution in [0.3, 0.4) is 0 Å². The van der Waals surface area contributed by atoms with Gasteiger partial charge in [-0.15, -0.1) is 0 Å². The monoisotopic (exact) mass is 234 g/mol. The van der Waals surface area contributed by atoms with Crippen molar-refractivity contribution in [3.05, 3.63) is 29.1 Å². The molecule has 0 spiro atoms. The maximum absolute atomic E-state index is 12.2. The average molecular weight is 234 g/mol.